The summed E-state index contributed by atoms with van der Waals surface area (Å²) < 4.78 is 13.9. The highest BCUT2D eigenvalue weighted by Gasteiger charge is 2.26. The Hall–Kier alpha value is -1.42. The summed E-state index contributed by atoms with van der Waals surface area (Å²) in [6, 6.07) is 5.77. The average Bonchev–Trinajstić information content (AvgIpc) is 3.31. The highest BCUT2D eigenvalue weighted by molar-refractivity contribution is 5.70. The molecule has 0 heterocycles. The molecule has 0 aliphatic heterocycles. The van der Waals surface area contributed by atoms with Gasteiger partial charge in [0.1, 0.15) is 5.82 Å². The summed E-state index contributed by atoms with van der Waals surface area (Å²) in [6.07, 6.45) is 5.60. The number of aliphatic carboxylic acids is 1. The predicted octanol–water partition coefficient (Wildman–Crippen LogP) is 3.44. The van der Waals surface area contributed by atoms with Crippen LogP contribution in [0.2, 0.25) is 0 Å². The molecule has 3 nitrogen and oxygen atoms in total. The van der Waals surface area contributed by atoms with E-state index in [0.29, 0.717) is 18.5 Å². The molecule has 0 radical (unpaired) electrons. The Morgan fingerprint density at radius 3 is 2.52 bits per heavy atom. The van der Waals surface area contributed by atoms with Crippen molar-refractivity contribution in [3.63, 3.8) is 0 Å². The van der Waals surface area contributed by atoms with Crippen molar-refractivity contribution >= 4 is 5.97 Å². The van der Waals surface area contributed by atoms with Crippen molar-refractivity contribution in [2.45, 2.75) is 57.0 Å². The van der Waals surface area contributed by atoms with Crippen molar-refractivity contribution in [1.82, 2.24) is 5.32 Å². The minimum absolute atomic E-state index is 0.147. The Morgan fingerprint density at radius 2 is 1.90 bits per heavy atom. The fourth-order valence-electron chi connectivity index (χ4n) is 3.20. The number of hydrogen-bond donors (Lipinski definition) is 2. The highest BCUT2D eigenvalue weighted by atomic mass is 19.1. The van der Waals surface area contributed by atoms with Gasteiger partial charge in [-0.15, -0.1) is 0 Å². The van der Waals surface area contributed by atoms with Crippen molar-refractivity contribution < 1.29 is 14.3 Å². The number of benzene rings is 1. The molecule has 2 aliphatic rings. The average molecular weight is 291 g/mol. The van der Waals surface area contributed by atoms with E-state index in [2.05, 4.69) is 5.32 Å². The molecule has 2 fully saturated rings. The number of nitrogens with one attached hydrogen (secondary N) is 1. The van der Waals surface area contributed by atoms with E-state index >= 15 is 0 Å². The second-order valence-electron chi connectivity index (χ2n) is 6.39. The molecule has 0 atom stereocenters. The molecule has 1 aromatic rings. The summed E-state index contributed by atoms with van der Waals surface area (Å²) in [5.41, 5.74) is 1.99. The molecule has 2 aliphatic carbocycles. The van der Waals surface area contributed by atoms with E-state index in [1.807, 2.05) is 12.1 Å². The lowest BCUT2D eigenvalue weighted by Crippen LogP contribution is -2.34. The van der Waals surface area contributed by atoms with E-state index in [9.17, 15) is 9.18 Å². The van der Waals surface area contributed by atoms with Gasteiger partial charge >= 0.3 is 5.97 Å². The van der Waals surface area contributed by atoms with Gasteiger partial charge in [-0.2, -0.15) is 0 Å². The monoisotopic (exact) mass is 291 g/mol. The van der Waals surface area contributed by atoms with E-state index in [-0.39, 0.29) is 11.7 Å². The van der Waals surface area contributed by atoms with Crippen molar-refractivity contribution in [2.75, 3.05) is 0 Å². The van der Waals surface area contributed by atoms with Crippen LogP contribution in [0.1, 0.15) is 55.6 Å². The third kappa shape index (κ3) is 3.62. The van der Waals surface area contributed by atoms with E-state index in [0.717, 1.165) is 31.2 Å². The largest absolute Gasteiger partial charge is 0.481 e. The van der Waals surface area contributed by atoms with Crippen LogP contribution in [0.15, 0.2) is 18.2 Å². The van der Waals surface area contributed by atoms with Gasteiger partial charge in [0.2, 0.25) is 0 Å². The van der Waals surface area contributed by atoms with Crippen LogP contribution in [0.5, 0.6) is 0 Å². The fraction of sp³-hybridized carbons (Fsp3) is 0.588. The molecule has 0 bridgehead atoms. The lowest BCUT2D eigenvalue weighted by molar-refractivity contribution is -0.142. The van der Waals surface area contributed by atoms with Gasteiger partial charge in [-0.3, -0.25) is 4.79 Å². The summed E-state index contributed by atoms with van der Waals surface area (Å²) in [4.78, 5) is 10.9. The fourth-order valence-corrected chi connectivity index (χ4v) is 3.20. The Bertz CT molecular complexity index is 520. The van der Waals surface area contributed by atoms with E-state index < -0.39 is 5.97 Å². The quantitative estimate of drug-likeness (QED) is 0.873. The third-order valence-corrected chi connectivity index (χ3v) is 4.78. The van der Waals surface area contributed by atoms with Crippen LogP contribution in [-0.4, -0.2) is 17.1 Å². The van der Waals surface area contributed by atoms with Crippen LogP contribution in [0.25, 0.3) is 0 Å². The molecular weight excluding hydrogens is 269 g/mol. The van der Waals surface area contributed by atoms with Crippen molar-refractivity contribution in [2.24, 2.45) is 5.92 Å². The van der Waals surface area contributed by atoms with Gasteiger partial charge in [0.05, 0.1) is 5.92 Å². The molecular formula is C17H22FNO2. The Kier molecular flexibility index (Phi) is 4.24. The zero-order valence-electron chi connectivity index (χ0n) is 12.1. The van der Waals surface area contributed by atoms with Crippen molar-refractivity contribution in [3.8, 4) is 0 Å². The van der Waals surface area contributed by atoms with Gasteiger partial charge in [0, 0.05) is 18.2 Å². The predicted molar refractivity (Wildman–Crippen MR) is 78.6 cm³/mol. The molecule has 114 valence electrons. The molecule has 4 heteroatoms. The Labute approximate surface area is 124 Å². The SMILES string of the molecule is O=C(O)C1CCC(NCc2cc(C3CC3)ccc2F)CC1. The smallest absolute Gasteiger partial charge is 0.306 e. The normalized spacial score (nSPS) is 25.8. The molecule has 21 heavy (non-hydrogen) atoms. The van der Waals surface area contributed by atoms with Crippen LogP contribution in [0, 0.1) is 11.7 Å². The number of carbonyl (C=O) groups is 1. The van der Waals surface area contributed by atoms with E-state index in [1.165, 1.54) is 18.4 Å². The summed E-state index contributed by atoms with van der Waals surface area (Å²) in [6.45, 7) is 0.537. The lowest BCUT2D eigenvalue weighted by Gasteiger charge is -2.27. The first kappa shape index (κ1) is 14.5. The van der Waals surface area contributed by atoms with Crippen LogP contribution in [-0.2, 0) is 11.3 Å². The maximum absolute atomic E-state index is 13.9. The zero-order chi connectivity index (χ0) is 14.8. The standard InChI is InChI=1S/C17H22FNO2/c18-16-8-5-13(11-1-2-11)9-14(16)10-19-15-6-3-12(4-7-15)17(20)21/h5,8-9,11-12,15,19H,1-4,6-7,10H2,(H,20,21). The molecule has 0 spiro atoms. The van der Waals surface area contributed by atoms with Gasteiger partial charge < -0.3 is 10.4 Å². The number of carboxylic acid groups (broad SMARTS) is 1. The topological polar surface area (TPSA) is 49.3 Å². The first-order chi connectivity index (χ1) is 10.1. The Morgan fingerprint density at radius 1 is 1.19 bits per heavy atom. The molecule has 3 rings (SSSR count). The third-order valence-electron chi connectivity index (χ3n) is 4.78. The van der Waals surface area contributed by atoms with E-state index in [1.54, 1.807) is 6.07 Å². The molecule has 0 unspecified atom stereocenters. The summed E-state index contributed by atoms with van der Waals surface area (Å²) >= 11 is 0. The summed E-state index contributed by atoms with van der Waals surface area (Å²) in [5.74, 6) is -0.393. The Balaban J connectivity index is 1.53. The lowest BCUT2D eigenvalue weighted by atomic mass is 9.86. The van der Waals surface area contributed by atoms with Crippen LogP contribution in [0.4, 0.5) is 4.39 Å². The highest BCUT2D eigenvalue weighted by Crippen LogP contribution is 2.40. The molecule has 0 amide bonds. The molecule has 2 N–H and O–H groups in total. The van der Waals surface area contributed by atoms with Crippen LogP contribution < -0.4 is 5.32 Å². The number of halogens is 1. The second-order valence-corrected chi connectivity index (χ2v) is 6.39. The van der Waals surface area contributed by atoms with Gasteiger partial charge in [0.15, 0.2) is 0 Å². The van der Waals surface area contributed by atoms with Gasteiger partial charge in [-0.1, -0.05) is 12.1 Å². The van der Waals surface area contributed by atoms with Crippen LogP contribution >= 0.6 is 0 Å². The minimum atomic E-state index is -0.684. The molecule has 0 aromatic heterocycles. The number of carboxylic acids is 1. The minimum Gasteiger partial charge on any atom is -0.481 e. The molecule has 1 aromatic carbocycles. The summed E-state index contributed by atoms with van der Waals surface area (Å²) in [5, 5.41) is 12.4. The molecule has 0 saturated heterocycles. The van der Waals surface area contributed by atoms with Crippen molar-refractivity contribution in [1.29, 1.82) is 0 Å². The zero-order valence-corrected chi connectivity index (χ0v) is 12.1. The first-order valence-electron chi connectivity index (χ1n) is 7.88. The molecule has 2 saturated carbocycles. The first-order valence-corrected chi connectivity index (χ1v) is 7.88. The van der Waals surface area contributed by atoms with E-state index in [4.69, 9.17) is 5.11 Å². The van der Waals surface area contributed by atoms with Gasteiger partial charge in [0.25, 0.3) is 0 Å². The number of hydrogen-bond acceptors (Lipinski definition) is 2. The second kappa shape index (κ2) is 6.14. The van der Waals surface area contributed by atoms with Crippen LogP contribution in [0.3, 0.4) is 0 Å². The summed E-state index contributed by atoms with van der Waals surface area (Å²) in [7, 11) is 0. The van der Waals surface area contributed by atoms with Gasteiger partial charge in [-0.25, -0.2) is 4.39 Å². The maximum Gasteiger partial charge on any atom is 0.306 e. The maximum atomic E-state index is 13.9. The number of rotatable bonds is 5. The van der Waals surface area contributed by atoms with Crippen molar-refractivity contribution in [3.05, 3.63) is 35.1 Å². The van der Waals surface area contributed by atoms with Gasteiger partial charge in [-0.05, 0) is 56.1 Å².